The van der Waals surface area contributed by atoms with Gasteiger partial charge in [0.05, 0.1) is 0 Å². The van der Waals surface area contributed by atoms with Crippen LogP contribution < -0.4 is 5.43 Å². The topological polar surface area (TPSA) is 61.7 Å². The van der Waals surface area contributed by atoms with E-state index >= 15 is 0 Å². The standard InChI is InChI=1S/C9H7ClN2O2S/c10-6-3-1-5(2-4-6)7-11-12-8(15-7)9(13)14/h1-4,8,12H,(H,13,14). The number of benzene rings is 1. The van der Waals surface area contributed by atoms with Crippen LogP contribution in [0.2, 0.25) is 5.02 Å². The highest BCUT2D eigenvalue weighted by atomic mass is 35.5. The van der Waals surface area contributed by atoms with Gasteiger partial charge in [-0.25, -0.2) is 4.79 Å². The molecule has 1 aliphatic heterocycles. The van der Waals surface area contributed by atoms with E-state index in [9.17, 15) is 4.79 Å². The molecule has 1 heterocycles. The average Bonchev–Trinajstić information content (AvgIpc) is 2.68. The highest BCUT2D eigenvalue weighted by molar-refractivity contribution is 8.15. The minimum absolute atomic E-state index is 0.644. The molecule has 1 aromatic rings. The Morgan fingerprint density at radius 2 is 2.13 bits per heavy atom. The summed E-state index contributed by atoms with van der Waals surface area (Å²) in [5.41, 5.74) is 3.40. The zero-order valence-corrected chi connectivity index (χ0v) is 9.05. The summed E-state index contributed by atoms with van der Waals surface area (Å²) in [6, 6.07) is 7.10. The Kier molecular flexibility index (Phi) is 2.83. The number of hydrogen-bond acceptors (Lipinski definition) is 4. The van der Waals surface area contributed by atoms with E-state index in [0.717, 1.165) is 5.56 Å². The molecule has 78 valence electrons. The molecule has 1 aliphatic rings. The maximum atomic E-state index is 10.7. The summed E-state index contributed by atoms with van der Waals surface area (Å²) in [4.78, 5) is 10.7. The molecular formula is C9H7ClN2O2S. The van der Waals surface area contributed by atoms with Gasteiger partial charge in [-0.2, -0.15) is 5.10 Å². The Hall–Kier alpha value is -1.20. The molecule has 1 aromatic carbocycles. The second-order valence-electron chi connectivity index (χ2n) is 2.89. The van der Waals surface area contributed by atoms with Crippen molar-refractivity contribution in [3.8, 4) is 0 Å². The number of aliphatic carboxylic acids is 1. The van der Waals surface area contributed by atoms with E-state index in [1.807, 2.05) is 0 Å². The molecule has 0 fully saturated rings. The van der Waals surface area contributed by atoms with E-state index in [1.54, 1.807) is 24.3 Å². The first-order chi connectivity index (χ1) is 7.16. The lowest BCUT2D eigenvalue weighted by Gasteiger charge is -2.01. The minimum Gasteiger partial charge on any atom is -0.479 e. The van der Waals surface area contributed by atoms with Crippen LogP contribution in [0.3, 0.4) is 0 Å². The Morgan fingerprint density at radius 3 is 2.67 bits per heavy atom. The zero-order valence-electron chi connectivity index (χ0n) is 7.48. The summed E-state index contributed by atoms with van der Waals surface area (Å²) in [5.74, 6) is -0.923. The van der Waals surface area contributed by atoms with E-state index in [-0.39, 0.29) is 0 Å². The summed E-state index contributed by atoms with van der Waals surface area (Å²) in [6.07, 6.45) is 0. The number of thioether (sulfide) groups is 1. The normalized spacial score (nSPS) is 19.5. The Labute approximate surface area is 95.3 Å². The number of carbonyl (C=O) groups is 1. The van der Waals surface area contributed by atoms with Crippen molar-refractivity contribution in [2.75, 3.05) is 0 Å². The third-order valence-corrected chi connectivity index (χ3v) is 3.17. The number of carboxylic acids is 1. The molecule has 0 saturated carbocycles. The first-order valence-corrected chi connectivity index (χ1v) is 5.41. The predicted molar refractivity (Wildman–Crippen MR) is 60.1 cm³/mol. The molecule has 6 heteroatoms. The fourth-order valence-corrected chi connectivity index (χ4v) is 2.05. The summed E-state index contributed by atoms with van der Waals surface area (Å²) < 4.78 is 0. The van der Waals surface area contributed by atoms with Gasteiger partial charge in [0.15, 0.2) is 5.37 Å². The smallest absolute Gasteiger partial charge is 0.338 e. The van der Waals surface area contributed by atoms with Gasteiger partial charge < -0.3 is 5.11 Å². The van der Waals surface area contributed by atoms with Gasteiger partial charge in [-0.15, -0.1) is 0 Å². The van der Waals surface area contributed by atoms with Crippen LogP contribution in [0, 0.1) is 0 Å². The van der Waals surface area contributed by atoms with Gasteiger partial charge in [-0.3, -0.25) is 5.43 Å². The predicted octanol–water partition coefficient (Wildman–Crippen LogP) is 1.75. The lowest BCUT2D eigenvalue weighted by molar-refractivity contribution is -0.136. The summed E-state index contributed by atoms with van der Waals surface area (Å²) in [5, 5.41) is 13.3. The molecule has 4 nitrogen and oxygen atoms in total. The molecule has 0 bridgehead atoms. The molecule has 0 aromatic heterocycles. The Bertz CT molecular complexity index is 419. The molecule has 2 rings (SSSR count). The van der Waals surface area contributed by atoms with Crippen molar-refractivity contribution in [1.29, 1.82) is 0 Å². The fourth-order valence-electron chi connectivity index (χ4n) is 1.11. The monoisotopic (exact) mass is 242 g/mol. The minimum atomic E-state index is -0.923. The summed E-state index contributed by atoms with van der Waals surface area (Å²) in [7, 11) is 0. The second kappa shape index (κ2) is 4.12. The maximum Gasteiger partial charge on any atom is 0.338 e. The lowest BCUT2D eigenvalue weighted by Crippen LogP contribution is -2.25. The maximum absolute atomic E-state index is 10.7. The van der Waals surface area contributed by atoms with Crippen molar-refractivity contribution < 1.29 is 9.90 Å². The molecule has 1 atom stereocenters. The highest BCUT2D eigenvalue weighted by Crippen LogP contribution is 2.23. The first kappa shape index (κ1) is 10.3. The lowest BCUT2D eigenvalue weighted by atomic mass is 10.2. The SMILES string of the molecule is O=C(O)C1NN=C(c2ccc(Cl)cc2)S1. The molecule has 1 unspecified atom stereocenters. The first-order valence-electron chi connectivity index (χ1n) is 4.15. The summed E-state index contributed by atoms with van der Waals surface area (Å²) >= 11 is 6.92. The molecule has 0 radical (unpaired) electrons. The molecule has 0 amide bonds. The molecule has 15 heavy (non-hydrogen) atoms. The van der Waals surface area contributed by atoms with Gasteiger partial charge in [0.1, 0.15) is 5.04 Å². The van der Waals surface area contributed by atoms with Gasteiger partial charge in [-0.1, -0.05) is 35.5 Å². The van der Waals surface area contributed by atoms with Crippen molar-refractivity contribution >= 4 is 34.4 Å². The van der Waals surface area contributed by atoms with Gasteiger partial charge in [0.2, 0.25) is 0 Å². The van der Waals surface area contributed by atoms with E-state index in [2.05, 4.69) is 10.5 Å². The number of nitrogens with one attached hydrogen (secondary N) is 1. The molecule has 0 saturated heterocycles. The van der Waals surface area contributed by atoms with E-state index in [1.165, 1.54) is 11.8 Å². The van der Waals surface area contributed by atoms with Crippen LogP contribution in [0.25, 0.3) is 0 Å². The number of nitrogens with zero attached hydrogens (tertiary/aromatic N) is 1. The van der Waals surface area contributed by atoms with Crippen LogP contribution in [-0.4, -0.2) is 21.5 Å². The fraction of sp³-hybridized carbons (Fsp3) is 0.111. The number of hydrazone groups is 1. The van der Waals surface area contributed by atoms with Crippen molar-refractivity contribution in [3.05, 3.63) is 34.9 Å². The van der Waals surface area contributed by atoms with Crippen molar-refractivity contribution in [2.24, 2.45) is 5.10 Å². The van der Waals surface area contributed by atoms with Crippen LogP contribution >= 0.6 is 23.4 Å². The van der Waals surface area contributed by atoms with Gasteiger partial charge >= 0.3 is 5.97 Å². The quantitative estimate of drug-likeness (QED) is 0.830. The van der Waals surface area contributed by atoms with Gasteiger partial charge in [0, 0.05) is 10.6 Å². The van der Waals surface area contributed by atoms with Gasteiger partial charge in [-0.05, 0) is 12.1 Å². The second-order valence-corrected chi connectivity index (χ2v) is 4.42. The zero-order chi connectivity index (χ0) is 10.8. The van der Waals surface area contributed by atoms with E-state index < -0.39 is 11.3 Å². The van der Waals surface area contributed by atoms with E-state index in [0.29, 0.717) is 10.1 Å². The van der Waals surface area contributed by atoms with Crippen molar-refractivity contribution in [2.45, 2.75) is 5.37 Å². The molecule has 2 N–H and O–H groups in total. The molecule has 0 spiro atoms. The van der Waals surface area contributed by atoms with Crippen molar-refractivity contribution in [1.82, 2.24) is 5.43 Å². The Balaban J connectivity index is 2.14. The highest BCUT2D eigenvalue weighted by Gasteiger charge is 2.26. The van der Waals surface area contributed by atoms with Crippen LogP contribution in [0.15, 0.2) is 29.4 Å². The molecule has 0 aliphatic carbocycles. The number of rotatable bonds is 2. The third-order valence-electron chi connectivity index (χ3n) is 1.83. The van der Waals surface area contributed by atoms with Gasteiger partial charge in [0.25, 0.3) is 0 Å². The third kappa shape index (κ3) is 2.24. The van der Waals surface area contributed by atoms with Crippen LogP contribution in [-0.2, 0) is 4.79 Å². The number of halogens is 1. The average molecular weight is 243 g/mol. The number of carboxylic acid groups (broad SMARTS) is 1. The van der Waals surface area contributed by atoms with Crippen molar-refractivity contribution in [3.63, 3.8) is 0 Å². The van der Waals surface area contributed by atoms with E-state index in [4.69, 9.17) is 16.7 Å². The largest absolute Gasteiger partial charge is 0.479 e. The van der Waals surface area contributed by atoms with Crippen LogP contribution in [0.1, 0.15) is 5.56 Å². The number of hydrogen-bond donors (Lipinski definition) is 2. The Morgan fingerprint density at radius 1 is 1.47 bits per heavy atom. The molecular weight excluding hydrogens is 236 g/mol. The summed E-state index contributed by atoms with van der Waals surface area (Å²) in [6.45, 7) is 0. The van der Waals surface area contributed by atoms with Crippen LogP contribution in [0.5, 0.6) is 0 Å². The van der Waals surface area contributed by atoms with Crippen LogP contribution in [0.4, 0.5) is 0 Å².